The van der Waals surface area contributed by atoms with Gasteiger partial charge in [0.05, 0.1) is 5.69 Å². The summed E-state index contributed by atoms with van der Waals surface area (Å²) in [6.45, 7) is 7.33. The summed E-state index contributed by atoms with van der Waals surface area (Å²) in [5, 5.41) is 42.9. The van der Waals surface area contributed by atoms with Crippen molar-refractivity contribution in [1.29, 1.82) is 0 Å². The molecule has 2 aromatic carbocycles. The lowest BCUT2D eigenvalue weighted by atomic mass is 10.0. The molecule has 0 radical (unpaired) electrons. The van der Waals surface area contributed by atoms with Crippen LogP contribution < -0.4 is 11.1 Å². The van der Waals surface area contributed by atoms with Crippen LogP contribution in [0.3, 0.4) is 0 Å². The highest BCUT2D eigenvalue weighted by atomic mass is 19.1. The Morgan fingerprint density at radius 2 is 1.88 bits per heavy atom. The molecule has 0 amide bonds. The van der Waals surface area contributed by atoms with Gasteiger partial charge in [0, 0.05) is 23.1 Å². The largest absolute Gasteiger partial charge is 0.382 e. The van der Waals surface area contributed by atoms with Gasteiger partial charge >= 0.3 is 5.97 Å². The summed E-state index contributed by atoms with van der Waals surface area (Å²) in [6.07, 6.45) is 0.356. The van der Waals surface area contributed by atoms with Crippen molar-refractivity contribution in [2.75, 3.05) is 11.1 Å². The van der Waals surface area contributed by atoms with Crippen molar-refractivity contribution >= 4 is 17.0 Å². The number of imidazole rings is 1. The van der Waals surface area contributed by atoms with Crippen LogP contribution in [-0.2, 0) is 5.97 Å². The molecule has 0 saturated heterocycles. The van der Waals surface area contributed by atoms with Crippen LogP contribution in [0, 0.1) is 19.7 Å². The average Bonchev–Trinajstić information content (AvgIpc) is 3.13. The minimum atomic E-state index is -3.19. The van der Waals surface area contributed by atoms with Crippen LogP contribution >= 0.6 is 0 Å². The number of hydrogen-bond acceptors (Lipinski definition) is 8. The Morgan fingerprint density at radius 3 is 2.53 bits per heavy atom. The minimum Gasteiger partial charge on any atom is -0.382 e. The molecule has 0 aliphatic heterocycles. The van der Waals surface area contributed by atoms with Crippen molar-refractivity contribution in [2.24, 2.45) is 0 Å². The van der Waals surface area contributed by atoms with Gasteiger partial charge in [-0.05, 0) is 49.2 Å². The quantitative estimate of drug-likeness (QED) is 0.238. The second-order valence-electron chi connectivity index (χ2n) is 8.04. The molecule has 0 aliphatic carbocycles. The SMILES string of the molecule is C=C(Nc1ccc(-c2nc(C(O)(O)O)n3cc(C)nc(N)c23)c(C)c1)C(O)c1cccc(F)c1. The molecule has 4 aromatic rings. The topological polar surface area (TPSA) is 149 Å². The van der Waals surface area contributed by atoms with E-state index in [0.29, 0.717) is 33.7 Å². The standard InChI is InChI=1S/C24H24FN5O4/c1-12-9-17(28-14(3)21(31)15-5-4-6-16(25)10-15)7-8-18(12)19-20-22(26)27-13(2)11-30(20)23(29-19)24(32,33)34/h4-11,21,28,31-34H,3H2,1-2H3,(H2,26,27). The van der Waals surface area contributed by atoms with Crippen molar-refractivity contribution in [3.63, 3.8) is 0 Å². The molecule has 34 heavy (non-hydrogen) atoms. The van der Waals surface area contributed by atoms with Gasteiger partial charge in [-0.25, -0.2) is 14.4 Å². The Balaban J connectivity index is 1.70. The van der Waals surface area contributed by atoms with Crippen LogP contribution in [0.1, 0.15) is 28.7 Å². The number of anilines is 2. The molecule has 2 heterocycles. The number of rotatable bonds is 6. The van der Waals surface area contributed by atoms with Crippen LogP contribution in [-0.4, -0.2) is 34.8 Å². The number of aliphatic hydroxyl groups is 4. The first-order valence-electron chi connectivity index (χ1n) is 10.3. The Hall–Kier alpha value is -3.83. The van der Waals surface area contributed by atoms with Crippen molar-refractivity contribution in [3.05, 3.63) is 89.4 Å². The number of aromatic nitrogens is 3. The summed E-state index contributed by atoms with van der Waals surface area (Å²) in [5.41, 5.74) is 9.74. The summed E-state index contributed by atoms with van der Waals surface area (Å²) < 4.78 is 14.8. The zero-order chi connectivity index (χ0) is 24.8. The second kappa shape index (κ2) is 8.50. The highest BCUT2D eigenvalue weighted by Gasteiger charge is 2.31. The lowest BCUT2D eigenvalue weighted by molar-refractivity contribution is -0.329. The summed E-state index contributed by atoms with van der Waals surface area (Å²) in [7, 11) is 0. The lowest BCUT2D eigenvalue weighted by Gasteiger charge is -2.17. The molecule has 10 heteroatoms. The predicted octanol–water partition coefficient (Wildman–Crippen LogP) is 2.48. The molecule has 1 atom stereocenters. The van der Waals surface area contributed by atoms with E-state index in [-0.39, 0.29) is 11.5 Å². The first kappa shape index (κ1) is 23.3. The molecular weight excluding hydrogens is 441 g/mol. The molecule has 0 saturated carbocycles. The molecule has 0 aliphatic rings. The third-order valence-electron chi connectivity index (χ3n) is 5.35. The highest BCUT2D eigenvalue weighted by Crippen LogP contribution is 2.34. The van der Waals surface area contributed by atoms with Crippen LogP contribution in [0.15, 0.2) is 60.9 Å². The third-order valence-corrected chi connectivity index (χ3v) is 5.35. The van der Waals surface area contributed by atoms with E-state index in [9.17, 15) is 24.8 Å². The number of benzene rings is 2. The van der Waals surface area contributed by atoms with E-state index in [1.165, 1.54) is 28.8 Å². The number of fused-ring (bicyclic) bond motifs is 1. The van der Waals surface area contributed by atoms with E-state index in [2.05, 4.69) is 21.9 Å². The summed E-state index contributed by atoms with van der Waals surface area (Å²) >= 11 is 0. The minimum absolute atomic E-state index is 0.103. The molecule has 2 aromatic heterocycles. The van der Waals surface area contributed by atoms with E-state index in [1.807, 2.05) is 0 Å². The van der Waals surface area contributed by atoms with E-state index in [4.69, 9.17) is 5.73 Å². The van der Waals surface area contributed by atoms with Crippen molar-refractivity contribution in [2.45, 2.75) is 25.9 Å². The number of aliphatic hydroxyl groups excluding tert-OH is 1. The Bertz CT molecular complexity index is 1410. The average molecular weight is 465 g/mol. The van der Waals surface area contributed by atoms with Gasteiger partial charge in [0.25, 0.3) is 0 Å². The normalized spacial score (nSPS) is 12.7. The summed E-state index contributed by atoms with van der Waals surface area (Å²) in [5.74, 6) is -3.98. The molecular formula is C24H24FN5O4. The van der Waals surface area contributed by atoms with E-state index in [0.717, 1.165) is 5.56 Å². The van der Waals surface area contributed by atoms with Crippen LogP contribution in [0.2, 0.25) is 0 Å². The molecule has 0 spiro atoms. The first-order valence-corrected chi connectivity index (χ1v) is 10.3. The fourth-order valence-electron chi connectivity index (χ4n) is 3.82. The maximum atomic E-state index is 13.5. The molecule has 7 N–H and O–H groups in total. The number of nitrogens with two attached hydrogens (primary N) is 1. The predicted molar refractivity (Wildman–Crippen MR) is 125 cm³/mol. The van der Waals surface area contributed by atoms with Crippen molar-refractivity contribution in [3.8, 4) is 11.3 Å². The van der Waals surface area contributed by atoms with Crippen LogP contribution in [0.5, 0.6) is 0 Å². The number of halogens is 1. The van der Waals surface area contributed by atoms with E-state index in [1.54, 1.807) is 38.1 Å². The van der Waals surface area contributed by atoms with E-state index < -0.39 is 23.7 Å². The number of aryl methyl sites for hydroxylation is 2. The Labute approximate surface area is 194 Å². The molecule has 0 bridgehead atoms. The second-order valence-corrected chi connectivity index (χ2v) is 8.04. The zero-order valence-electron chi connectivity index (χ0n) is 18.5. The van der Waals surface area contributed by atoms with Gasteiger partial charge in [-0.3, -0.25) is 4.40 Å². The van der Waals surface area contributed by atoms with Gasteiger partial charge in [0.1, 0.15) is 28.9 Å². The molecule has 4 rings (SSSR count). The zero-order valence-corrected chi connectivity index (χ0v) is 18.5. The number of nitrogen functional groups attached to an aromatic ring is 1. The number of nitrogens with one attached hydrogen (secondary N) is 1. The number of nitrogens with zero attached hydrogens (tertiary/aromatic N) is 3. The van der Waals surface area contributed by atoms with Gasteiger partial charge < -0.3 is 31.5 Å². The lowest BCUT2D eigenvalue weighted by Crippen LogP contribution is -2.27. The van der Waals surface area contributed by atoms with Gasteiger partial charge in [-0.15, -0.1) is 0 Å². The van der Waals surface area contributed by atoms with Crippen LogP contribution in [0.25, 0.3) is 16.8 Å². The molecule has 1 unspecified atom stereocenters. The maximum absolute atomic E-state index is 13.5. The fourth-order valence-corrected chi connectivity index (χ4v) is 3.82. The van der Waals surface area contributed by atoms with Gasteiger partial charge in [0.15, 0.2) is 0 Å². The van der Waals surface area contributed by atoms with Crippen molar-refractivity contribution < 1.29 is 24.8 Å². The highest BCUT2D eigenvalue weighted by molar-refractivity contribution is 5.87. The van der Waals surface area contributed by atoms with Gasteiger partial charge in [0.2, 0.25) is 5.82 Å². The summed E-state index contributed by atoms with van der Waals surface area (Å²) in [6, 6.07) is 10.8. The Kier molecular flexibility index (Phi) is 5.84. The third kappa shape index (κ3) is 4.35. The molecule has 176 valence electrons. The van der Waals surface area contributed by atoms with Crippen molar-refractivity contribution in [1.82, 2.24) is 14.4 Å². The number of hydrogen-bond donors (Lipinski definition) is 6. The monoisotopic (exact) mass is 465 g/mol. The molecule has 9 nitrogen and oxygen atoms in total. The summed E-state index contributed by atoms with van der Waals surface area (Å²) in [4.78, 5) is 8.46. The first-order chi connectivity index (χ1) is 16.0. The maximum Gasteiger partial charge on any atom is 0.339 e. The van der Waals surface area contributed by atoms with Gasteiger partial charge in [-0.1, -0.05) is 24.8 Å². The smallest absolute Gasteiger partial charge is 0.339 e. The fraction of sp³-hybridized carbons (Fsp3) is 0.167. The Morgan fingerprint density at radius 1 is 1.15 bits per heavy atom. The molecule has 0 fully saturated rings. The van der Waals surface area contributed by atoms with Gasteiger partial charge in [-0.2, -0.15) is 0 Å². The van der Waals surface area contributed by atoms with E-state index >= 15 is 0 Å². The van der Waals surface area contributed by atoms with Crippen LogP contribution in [0.4, 0.5) is 15.9 Å².